The summed E-state index contributed by atoms with van der Waals surface area (Å²) in [4.78, 5) is 14.3. The summed E-state index contributed by atoms with van der Waals surface area (Å²) in [5.74, 6) is 1.59. The Morgan fingerprint density at radius 2 is 1.71 bits per heavy atom. The monoisotopic (exact) mass is 459 g/mol. The minimum absolute atomic E-state index is 0.267. The van der Waals surface area contributed by atoms with Gasteiger partial charge in [0.2, 0.25) is 0 Å². The van der Waals surface area contributed by atoms with E-state index in [0.29, 0.717) is 25.9 Å². The average molecular weight is 460 g/mol. The number of fused-ring (bicyclic) bond motifs is 1. The fraction of sp³-hybridized carbons (Fsp3) is 0.385. The molecule has 2 aromatic carbocycles. The molecule has 0 atom stereocenters. The van der Waals surface area contributed by atoms with Crippen molar-refractivity contribution in [3.8, 4) is 17.1 Å². The molecule has 0 saturated carbocycles. The Labute approximate surface area is 199 Å². The van der Waals surface area contributed by atoms with E-state index in [1.54, 1.807) is 9.58 Å². The first-order chi connectivity index (χ1) is 16.2. The van der Waals surface area contributed by atoms with Crippen molar-refractivity contribution in [2.24, 2.45) is 7.05 Å². The van der Waals surface area contributed by atoms with Gasteiger partial charge in [0.05, 0.1) is 0 Å². The van der Waals surface area contributed by atoms with Crippen molar-refractivity contribution in [2.75, 3.05) is 13.1 Å². The van der Waals surface area contributed by atoms with Crippen molar-refractivity contribution in [1.29, 1.82) is 0 Å². The summed E-state index contributed by atoms with van der Waals surface area (Å²) >= 11 is 0. The molecule has 1 spiro atoms. The summed E-state index contributed by atoms with van der Waals surface area (Å²) in [5.41, 5.74) is 3.29. The number of amides is 1. The summed E-state index contributed by atoms with van der Waals surface area (Å²) in [5, 5.41) is 11.8. The maximum Gasteiger partial charge on any atom is 0.410 e. The number of likely N-dealkylation sites (tertiary alicyclic amines) is 1. The number of benzene rings is 2. The summed E-state index contributed by atoms with van der Waals surface area (Å²) < 4.78 is 13.8. The molecule has 3 heterocycles. The number of carbonyl (C=O) groups is 1. The normalized spacial score (nSPS) is 17.1. The number of tetrazole rings is 1. The lowest BCUT2D eigenvalue weighted by molar-refractivity contribution is -0.00115. The molecule has 1 aromatic heterocycles. The molecule has 2 aliphatic rings. The van der Waals surface area contributed by atoms with Crippen LogP contribution in [-0.4, -0.2) is 55.5 Å². The number of aromatic nitrogens is 4. The van der Waals surface area contributed by atoms with Crippen molar-refractivity contribution in [1.82, 2.24) is 25.1 Å². The van der Waals surface area contributed by atoms with E-state index < -0.39 is 11.2 Å². The third-order valence-corrected chi connectivity index (χ3v) is 6.23. The van der Waals surface area contributed by atoms with Crippen LogP contribution >= 0.6 is 0 Å². The number of aryl methyl sites for hydroxylation is 1. The summed E-state index contributed by atoms with van der Waals surface area (Å²) in [6.07, 6.45) is 3.37. The summed E-state index contributed by atoms with van der Waals surface area (Å²) in [7, 11) is 1.83. The minimum atomic E-state index is -0.507. The fourth-order valence-electron chi connectivity index (χ4n) is 4.52. The molecule has 1 saturated heterocycles. The molecule has 8 heteroatoms. The molecule has 0 radical (unpaired) electrons. The molecule has 2 aliphatic heterocycles. The predicted molar refractivity (Wildman–Crippen MR) is 128 cm³/mol. The quantitative estimate of drug-likeness (QED) is 0.562. The first kappa shape index (κ1) is 22.1. The van der Waals surface area contributed by atoms with Crippen molar-refractivity contribution in [2.45, 2.75) is 44.8 Å². The van der Waals surface area contributed by atoms with Crippen LogP contribution in [-0.2, 0) is 11.8 Å². The van der Waals surface area contributed by atoms with Crippen LogP contribution in [0.3, 0.4) is 0 Å². The number of para-hydroxylation sites is 1. The molecule has 3 aromatic rings. The number of carbonyl (C=O) groups excluding carboxylic acids is 1. The highest BCUT2D eigenvalue weighted by Crippen LogP contribution is 2.43. The van der Waals surface area contributed by atoms with E-state index in [4.69, 9.17) is 9.47 Å². The molecule has 0 unspecified atom stereocenters. The number of hydrogen-bond acceptors (Lipinski definition) is 6. The average Bonchev–Trinajstić information content (AvgIpc) is 3.24. The lowest BCUT2D eigenvalue weighted by atomic mass is 9.83. The van der Waals surface area contributed by atoms with Crippen LogP contribution in [0.1, 0.15) is 44.7 Å². The largest absolute Gasteiger partial charge is 0.482 e. The van der Waals surface area contributed by atoms with Gasteiger partial charge in [0, 0.05) is 44.1 Å². The Kier molecular flexibility index (Phi) is 5.38. The van der Waals surface area contributed by atoms with Crippen LogP contribution in [0.4, 0.5) is 4.79 Å². The lowest BCUT2D eigenvalue weighted by Crippen LogP contribution is -2.50. The van der Waals surface area contributed by atoms with Gasteiger partial charge in [-0.2, -0.15) is 0 Å². The molecule has 176 valence electrons. The Hall–Kier alpha value is -3.68. The van der Waals surface area contributed by atoms with E-state index in [-0.39, 0.29) is 6.09 Å². The second-order valence-electron chi connectivity index (χ2n) is 9.89. The molecule has 34 heavy (non-hydrogen) atoms. The van der Waals surface area contributed by atoms with Gasteiger partial charge in [-0.3, -0.25) is 0 Å². The second kappa shape index (κ2) is 8.27. The van der Waals surface area contributed by atoms with Gasteiger partial charge in [0.25, 0.3) is 0 Å². The zero-order valence-corrected chi connectivity index (χ0v) is 20.0. The maximum absolute atomic E-state index is 12.6. The Balaban J connectivity index is 1.43. The third-order valence-electron chi connectivity index (χ3n) is 6.23. The van der Waals surface area contributed by atoms with Crippen molar-refractivity contribution < 1.29 is 14.3 Å². The van der Waals surface area contributed by atoms with Gasteiger partial charge in [-0.1, -0.05) is 42.5 Å². The number of nitrogens with zero attached hydrogens (tertiary/aromatic N) is 5. The molecule has 5 rings (SSSR count). The van der Waals surface area contributed by atoms with Crippen LogP contribution in [0.15, 0.2) is 54.6 Å². The highest BCUT2D eigenvalue weighted by Gasteiger charge is 2.40. The van der Waals surface area contributed by atoms with Gasteiger partial charge in [-0.15, -0.1) is 5.10 Å². The summed E-state index contributed by atoms with van der Waals surface area (Å²) in [6, 6.07) is 16.4. The standard InChI is InChI=1S/C26H29N5O3/c1-25(2,3)34-24(32)31-15-13-26(14-16-31)17-21(20-7-5-6-8-22(20)33-26)18-9-11-19(12-10-18)23-27-28-29-30(23)4/h5-12,17H,13-16H2,1-4H3. The SMILES string of the molecule is Cn1nnnc1-c1ccc(C2=CC3(CCN(C(=O)OC(C)(C)C)CC3)Oc3ccccc32)cc1. The molecule has 0 N–H and O–H groups in total. The maximum atomic E-state index is 12.6. The van der Waals surface area contributed by atoms with Gasteiger partial charge in [-0.25, -0.2) is 9.48 Å². The number of rotatable bonds is 2. The van der Waals surface area contributed by atoms with E-state index in [0.717, 1.165) is 33.8 Å². The van der Waals surface area contributed by atoms with Gasteiger partial charge >= 0.3 is 6.09 Å². The van der Waals surface area contributed by atoms with Gasteiger partial charge in [0.15, 0.2) is 5.82 Å². The molecule has 1 fully saturated rings. The van der Waals surface area contributed by atoms with E-state index in [2.05, 4.69) is 39.8 Å². The van der Waals surface area contributed by atoms with Crippen LogP contribution in [0.25, 0.3) is 17.0 Å². The topological polar surface area (TPSA) is 82.4 Å². The van der Waals surface area contributed by atoms with Gasteiger partial charge in [-0.05, 0) is 54.5 Å². The molecular formula is C26H29N5O3. The van der Waals surface area contributed by atoms with Crippen LogP contribution in [0, 0.1) is 0 Å². The van der Waals surface area contributed by atoms with Crippen LogP contribution in [0.2, 0.25) is 0 Å². The second-order valence-corrected chi connectivity index (χ2v) is 9.89. The van der Waals surface area contributed by atoms with E-state index in [1.807, 2.05) is 58.2 Å². The van der Waals surface area contributed by atoms with Gasteiger partial charge in [0.1, 0.15) is 17.0 Å². The highest BCUT2D eigenvalue weighted by molar-refractivity contribution is 5.85. The first-order valence-corrected chi connectivity index (χ1v) is 11.6. The van der Waals surface area contributed by atoms with E-state index in [1.165, 1.54) is 0 Å². The molecule has 0 bridgehead atoms. The minimum Gasteiger partial charge on any atom is -0.482 e. The van der Waals surface area contributed by atoms with Crippen LogP contribution in [0.5, 0.6) is 5.75 Å². The molecule has 1 amide bonds. The van der Waals surface area contributed by atoms with Crippen molar-refractivity contribution >= 4 is 11.7 Å². The zero-order valence-electron chi connectivity index (χ0n) is 20.0. The predicted octanol–water partition coefficient (Wildman–Crippen LogP) is 4.47. The van der Waals surface area contributed by atoms with Crippen molar-refractivity contribution in [3.05, 3.63) is 65.7 Å². The van der Waals surface area contributed by atoms with Gasteiger partial charge < -0.3 is 14.4 Å². The lowest BCUT2D eigenvalue weighted by Gasteiger charge is -2.43. The Bertz CT molecular complexity index is 1230. The molecule has 0 aliphatic carbocycles. The molecular weight excluding hydrogens is 430 g/mol. The first-order valence-electron chi connectivity index (χ1n) is 11.6. The van der Waals surface area contributed by atoms with Crippen molar-refractivity contribution in [3.63, 3.8) is 0 Å². The van der Waals surface area contributed by atoms with E-state index in [9.17, 15) is 4.79 Å². The van der Waals surface area contributed by atoms with E-state index >= 15 is 0 Å². The molecule has 8 nitrogen and oxygen atoms in total. The Morgan fingerprint density at radius 3 is 2.35 bits per heavy atom. The summed E-state index contributed by atoms with van der Waals surface area (Å²) in [6.45, 7) is 6.83. The third kappa shape index (κ3) is 4.27. The zero-order chi connectivity index (χ0) is 23.9. The highest BCUT2D eigenvalue weighted by atomic mass is 16.6. The Morgan fingerprint density at radius 1 is 1.03 bits per heavy atom. The number of hydrogen-bond donors (Lipinski definition) is 0. The number of ether oxygens (including phenoxy) is 2. The fourth-order valence-corrected chi connectivity index (χ4v) is 4.52. The number of piperidine rings is 1. The smallest absolute Gasteiger partial charge is 0.410 e. The van der Waals surface area contributed by atoms with Crippen LogP contribution < -0.4 is 4.74 Å².